The highest BCUT2D eigenvalue weighted by Gasteiger charge is 2.50. The van der Waals surface area contributed by atoms with Gasteiger partial charge in [0, 0.05) is 0 Å². The lowest BCUT2D eigenvalue weighted by Crippen LogP contribution is -2.58. The zero-order chi connectivity index (χ0) is 14.4. The molecule has 1 aromatic rings. The van der Waals surface area contributed by atoms with Gasteiger partial charge in [-0.25, -0.2) is 21.6 Å². The van der Waals surface area contributed by atoms with E-state index in [2.05, 4.69) is 0 Å². The lowest BCUT2D eigenvalue weighted by Gasteiger charge is -2.37. The average molecular weight is 294 g/mol. The number of carbonyl (C=O) groups excluding carboxylic acids is 1. The van der Waals surface area contributed by atoms with Crippen molar-refractivity contribution in [2.45, 2.75) is 10.8 Å². The Morgan fingerprint density at radius 3 is 2.37 bits per heavy atom. The molecule has 19 heavy (non-hydrogen) atoms. The zero-order valence-electron chi connectivity index (χ0n) is 9.44. The molecule has 1 heterocycles. The summed E-state index contributed by atoms with van der Waals surface area (Å²) in [5.74, 6) is -5.57. The highest BCUT2D eigenvalue weighted by atomic mass is 32.2. The number of nitrogens with two attached hydrogens (primary N) is 1. The maximum absolute atomic E-state index is 13.8. The SMILES string of the molecule is NC(=O)c1cccc(S(=O)(=O)N2CC(F)(F)C2)c1F. The van der Waals surface area contributed by atoms with E-state index in [1.807, 2.05) is 0 Å². The van der Waals surface area contributed by atoms with Crippen LogP contribution in [0.4, 0.5) is 13.2 Å². The molecule has 0 aromatic heterocycles. The summed E-state index contributed by atoms with van der Waals surface area (Å²) in [6, 6.07) is 3.03. The van der Waals surface area contributed by atoms with Crippen LogP contribution in [0.5, 0.6) is 0 Å². The number of nitrogens with zero attached hydrogens (tertiary/aromatic N) is 1. The predicted octanol–water partition coefficient (Wildman–Crippen LogP) is 0.564. The molecule has 1 amide bonds. The van der Waals surface area contributed by atoms with Crippen molar-refractivity contribution in [3.8, 4) is 0 Å². The third kappa shape index (κ3) is 2.30. The van der Waals surface area contributed by atoms with E-state index in [1.54, 1.807) is 0 Å². The summed E-state index contributed by atoms with van der Waals surface area (Å²) in [7, 11) is -4.39. The van der Waals surface area contributed by atoms with Crippen LogP contribution in [0.1, 0.15) is 10.4 Å². The third-order valence-electron chi connectivity index (χ3n) is 2.66. The Kier molecular flexibility index (Phi) is 3.06. The molecule has 0 bridgehead atoms. The van der Waals surface area contributed by atoms with Gasteiger partial charge in [0.15, 0.2) is 5.82 Å². The first-order valence-electron chi connectivity index (χ1n) is 5.11. The van der Waals surface area contributed by atoms with Crippen LogP contribution in [-0.4, -0.2) is 37.6 Å². The second-order valence-corrected chi connectivity index (χ2v) is 6.02. The van der Waals surface area contributed by atoms with Gasteiger partial charge < -0.3 is 5.73 Å². The first-order valence-corrected chi connectivity index (χ1v) is 6.55. The van der Waals surface area contributed by atoms with Crippen molar-refractivity contribution in [1.29, 1.82) is 0 Å². The van der Waals surface area contributed by atoms with Crippen molar-refractivity contribution in [1.82, 2.24) is 4.31 Å². The van der Waals surface area contributed by atoms with Gasteiger partial charge in [0.1, 0.15) is 4.90 Å². The highest BCUT2D eigenvalue weighted by molar-refractivity contribution is 7.89. The standard InChI is InChI=1S/C10H9F3N2O3S/c11-8-6(9(14)16)2-1-3-7(8)19(17,18)15-4-10(12,13)5-15/h1-3H,4-5H2,(H2,14,16). The van der Waals surface area contributed by atoms with Gasteiger partial charge in [0.05, 0.1) is 18.7 Å². The first kappa shape index (κ1) is 13.8. The van der Waals surface area contributed by atoms with Gasteiger partial charge in [-0.1, -0.05) is 6.07 Å². The Morgan fingerprint density at radius 2 is 1.89 bits per heavy atom. The van der Waals surface area contributed by atoms with Crippen molar-refractivity contribution < 1.29 is 26.4 Å². The van der Waals surface area contributed by atoms with Gasteiger partial charge in [0.2, 0.25) is 10.0 Å². The van der Waals surface area contributed by atoms with Crippen molar-refractivity contribution in [2.75, 3.05) is 13.1 Å². The first-order chi connectivity index (χ1) is 8.65. The van der Waals surface area contributed by atoms with Crippen LogP contribution in [0, 0.1) is 5.82 Å². The Bertz CT molecular complexity index is 637. The van der Waals surface area contributed by atoms with Gasteiger partial charge in [-0.2, -0.15) is 4.31 Å². The molecular weight excluding hydrogens is 285 g/mol. The van der Waals surface area contributed by atoms with E-state index in [9.17, 15) is 26.4 Å². The molecule has 1 aliphatic heterocycles. The number of carbonyl (C=O) groups is 1. The predicted molar refractivity (Wildman–Crippen MR) is 58.6 cm³/mol. The second-order valence-electron chi connectivity index (χ2n) is 4.11. The summed E-state index contributed by atoms with van der Waals surface area (Å²) < 4.78 is 63.4. The Morgan fingerprint density at radius 1 is 1.32 bits per heavy atom. The average Bonchev–Trinajstić information content (AvgIpc) is 2.25. The van der Waals surface area contributed by atoms with E-state index in [0.717, 1.165) is 18.2 Å². The Hall–Kier alpha value is -1.61. The van der Waals surface area contributed by atoms with Crippen molar-refractivity contribution >= 4 is 15.9 Å². The molecule has 9 heteroatoms. The molecule has 0 spiro atoms. The molecule has 1 fully saturated rings. The molecule has 0 saturated carbocycles. The number of alkyl halides is 2. The summed E-state index contributed by atoms with van der Waals surface area (Å²) in [4.78, 5) is 10.1. The van der Waals surface area contributed by atoms with Crippen LogP contribution in [-0.2, 0) is 10.0 Å². The van der Waals surface area contributed by atoms with Crippen molar-refractivity contribution in [3.63, 3.8) is 0 Å². The van der Waals surface area contributed by atoms with Gasteiger partial charge in [-0.15, -0.1) is 0 Å². The fraction of sp³-hybridized carbons (Fsp3) is 0.300. The minimum absolute atomic E-state index is 0.441. The van der Waals surface area contributed by atoms with E-state index < -0.39 is 51.2 Å². The molecule has 1 saturated heterocycles. The summed E-state index contributed by atoms with van der Waals surface area (Å²) in [6.45, 7) is -2.01. The number of benzene rings is 1. The van der Waals surface area contributed by atoms with Gasteiger partial charge >= 0.3 is 0 Å². The molecule has 2 rings (SSSR count). The third-order valence-corrected chi connectivity index (χ3v) is 4.47. The molecule has 5 nitrogen and oxygen atoms in total. The molecule has 0 aliphatic carbocycles. The molecule has 0 atom stereocenters. The number of hydrogen-bond donors (Lipinski definition) is 1. The highest BCUT2D eigenvalue weighted by Crippen LogP contribution is 2.33. The number of sulfonamides is 1. The summed E-state index contributed by atoms with van der Waals surface area (Å²) in [6.07, 6.45) is 0. The van der Waals surface area contributed by atoms with E-state index in [4.69, 9.17) is 5.73 Å². The van der Waals surface area contributed by atoms with Crippen LogP contribution in [0.15, 0.2) is 23.1 Å². The lowest BCUT2D eigenvalue weighted by molar-refractivity contribution is -0.0945. The van der Waals surface area contributed by atoms with Crippen LogP contribution >= 0.6 is 0 Å². The number of halogens is 3. The van der Waals surface area contributed by atoms with Crippen LogP contribution in [0.3, 0.4) is 0 Å². The van der Waals surface area contributed by atoms with Gasteiger partial charge in [0.25, 0.3) is 11.8 Å². The van der Waals surface area contributed by atoms with Crippen LogP contribution in [0.25, 0.3) is 0 Å². The second kappa shape index (κ2) is 4.20. The van der Waals surface area contributed by atoms with E-state index >= 15 is 0 Å². The zero-order valence-corrected chi connectivity index (χ0v) is 10.3. The number of amides is 1. The molecule has 1 aromatic carbocycles. The van der Waals surface area contributed by atoms with E-state index in [-0.39, 0.29) is 0 Å². The maximum Gasteiger partial charge on any atom is 0.275 e. The topological polar surface area (TPSA) is 80.5 Å². The van der Waals surface area contributed by atoms with Gasteiger partial charge in [-0.05, 0) is 12.1 Å². The van der Waals surface area contributed by atoms with Crippen molar-refractivity contribution in [2.24, 2.45) is 5.73 Å². The lowest BCUT2D eigenvalue weighted by atomic mass is 10.2. The monoisotopic (exact) mass is 294 g/mol. The summed E-state index contributed by atoms with van der Waals surface area (Å²) in [5.41, 5.74) is 4.28. The largest absolute Gasteiger partial charge is 0.366 e. The molecule has 1 aliphatic rings. The fourth-order valence-electron chi connectivity index (χ4n) is 1.68. The minimum atomic E-state index is -4.39. The van der Waals surface area contributed by atoms with Gasteiger partial charge in [-0.3, -0.25) is 4.79 Å². The van der Waals surface area contributed by atoms with E-state index in [0.29, 0.717) is 4.31 Å². The van der Waals surface area contributed by atoms with E-state index in [1.165, 1.54) is 0 Å². The molecule has 0 unspecified atom stereocenters. The quantitative estimate of drug-likeness (QED) is 0.884. The van der Waals surface area contributed by atoms with Crippen LogP contribution in [0.2, 0.25) is 0 Å². The summed E-state index contributed by atoms with van der Waals surface area (Å²) >= 11 is 0. The molecule has 104 valence electrons. The normalized spacial score (nSPS) is 18.9. The Balaban J connectivity index is 2.43. The fourth-order valence-corrected chi connectivity index (χ4v) is 3.26. The number of hydrogen-bond acceptors (Lipinski definition) is 3. The maximum atomic E-state index is 13.8. The Labute approximate surface area is 106 Å². The van der Waals surface area contributed by atoms with Crippen LogP contribution < -0.4 is 5.73 Å². The molecule has 0 radical (unpaired) electrons. The van der Waals surface area contributed by atoms with Crippen molar-refractivity contribution in [3.05, 3.63) is 29.6 Å². The number of primary amides is 1. The molecule has 2 N–H and O–H groups in total. The number of rotatable bonds is 3. The summed E-state index contributed by atoms with van der Waals surface area (Å²) in [5, 5.41) is 0. The smallest absolute Gasteiger partial charge is 0.275 e. The minimum Gasteiger partial charge on any atom is -0.366 e. The molecular formula is C10H9F3N2O3S.